The van der Waals surface area contributed by atoms with Crippen LogP contribution >= 0.6 is 0 Å². The van der Waals surface area contributed by atoms with Gasteiger partial charge in [0.15, 0.2) is 0 Å². The zero-order valence-corrected chi connectivity index (χ0v) is 14.5. The first-order chi connectivity index (χ1) is 10.4. The van der Waals surface area contributed by atoms with Crippen LogP contribution in [0.2, 0.25) is 8.26 Å². The molecular formula is C20H18Zr. The Morgan fingerprint density at radius 2 is 1.62 bits per heavy atom. The molecule has 0 saturated carbocycles. The second kappa shape index (κ2) is 4.40. The van der Waals surface area contributed by atoms with Gasteiger partial charge in [-0.3, -0.25) is 0 Å². The van der Waals surface area contributed by atoms with Crippen LogP contribution < -0.4 is 0 Å². The average molecular weight is 350 g/mol. The summed E-state index contributed by atoms with van der Waals surface area (Å²) in [5.41, 5.74) is 6.15. The molecule has 0 radical (unpaired) electrons. The van der Waals surface area contributed by atoms with Gasteiger partial charge in [0.2, 0.25) is 0 Å². The Bertz CT molecular complexity index is 793. The summed E-state index contributed by atoms with van der Waals surface area (Å²) in [6.07, 6.45) is 8.73. The van der Waals surface area contributed by atoms with Crippen molar-refractivity contribution < 1.29 is 20.3 Å². The Morgan fingerprint density at radius 3 is 2.43 bits per heavy atom. The van der Waals surface area contributed by atoms with Crippen LogP contribution in [-0.2, 0) is 26.7 Å². The van der Waals surface area contributed by atoms with Gasteiger partial charge in [-0.15, -0.1) is 0 Å². The second-order valence-electron chi connectivity index (χ2n) is 6.67. The monoisotopic (exact) mass is 348 g/mol. The number of fused-ring (bicyclic) bond motifs is 2. The van der Waals surface area contributed by atoms with Crippen molar-refractivity contribution in [3.05, 3.63) is 80.1 Å². The van der Waals surface area contributed by atoms with Crippen molar-refractivity contribution in [3.8, 4) is 0 Å². The summed E-state index contributed by atoms with van der Waals surface area (Å²) in [6.45, 7) is 0. The molecule has 1 heteroatoms. The van der Waals surface area contributed by atoms with Crippen molar-refractivity contribution in [3.63, 3.8) is 0 Å². The molecule has 2 aliphatic carbocycles. The normalized spacial score (nSPS) is 23.6. The third-order valence-corrected chi connectivity index (χ3v) is 17.6. The van der Waals surface area contributed by atoms with E-state index in [0.29, 0.717) is 0 Å². The molecule has 0 spiro atoms. The number of allylic oxidation sites excluding steroid dienone is 2. The van der Waals surface area contributed by atoms with Crippen LogP contribution in [0.3, 0.4) is 0 Å². The molecule has 0 bridgehead atoms. The third kappa shape index (κ3) is 1.77. The van der Waals surface area contributed by atoms with E-state index >= 15 is 0 Å². The standard InChI is InChI=1S/2C9H7.C2H4.Zr/c2*1-2-5-9-7-3-6-8(9)4-1;1-2;/h1-2,4-6H,7H2;1-7H;1-2H2;. The molecule has 0 amide bonds. The Labute approximate surface area is 130 Å². The maximum atomic E-state index is 2.56. The zero-order chi connectivity index (χ0) is 13.9. The van der Waals surface area contributed by atoms with Crippen molar-refractivity contribution in [2.75, 3.05) is 0 Å². The van der Waals surface area contributed by atoms with E-state index in [2.05, 4.69) is 66.8 Å². The molecule has 0 aromatic heterocycles. The van der Waals surface area contributed by atoms with E-state index in [1.54, 1.807) is 19.4 Å². The summed E-state index contributed by atoms with van der Waals surface area (Å²) in [4.78, 5) is 0. The number of benzene rings is 2. The summed E-state index contributed by atoms with van der Waals surface area (Å²) in [6, 6.07) is 18.0. The first-order valence-corrected chi connectivity index (χ1v) is 14.1. The molecular weight excluding hydrogens is 331 g/mol. The van der Waals surface area contributed by atoms with Gasteiger partial charge in [0.25, 0.3) is 0 Å². The summed E-state index contributed by atoms with van der Waals surface area (Å²) >= 11 is -2.12. The first kappa shape index (κ1) is 12.4. The molecule has 21 heavy (non-hydrogen) atoms. The van der Waals surface area contributed by atoms with Gasteiger partial charge in [0.1, 0.15) is 0 Å². The molecule has 1 aliphatic heterocycles. The van der Waals surface area contributed by atoms with E-state index < -0.39 is 20.3 Å². The number of rotatable bonds is 2. The van der Waals surface area contributed by atoms with Gasteiger partial charge in [0, 0.05) is 0 Å². The van der Waals surface area contributed by atoms with E-state index in [9.17, 15) is 0 Å². The number of hydrogen-bond acceptors (Lipinski definition) is 0. The molecule has 0 N–H and O–H groups in total. The van der Waals surface area contributed by atoms with Crippen molar-refractivity contribution in [2.45, 2.75) is 18.3 Å². The SMILES string of the molecule is C1=C[CH]([Zr]2([C]3=Cc4ccccc4C3)[CH2][CH2]2)c2ccccc21. The topological polar surface area (TPSA) is 0 Å². The molecule has 0 nitrogen and oxygen atoms in total. The Balaban J connectivity index is 1.56. The van der Waals surface area contributed by atoms with Gasteiger partial charge >= 0.3 is 131 Å². The predicted molar refractivity (Wildman–Crippen MR) is 86.0 cm³/mol. The van der Waals surface area contributed by atoms with Gasteiger partial charge in [0.05, 0.1) is 0 Å². The summed E-state index contributed by atoms with van der Waals surface area (Å²) in [7, 11) is 0. The molecule has 1 heterocycles. The fourth-order valence-corrected chi connectivity index (χ4v) is 18.6. The van der Waals surface area contributed by atoms with Crippen LogP contribution in [0.4, 0.5) is 0 Å². The molecule has 102 valence electrons. The van der Waals surface area contributed by atoms with E-state index in [1.807, 2.05) is 3.28 Å². The van der Waals surface area contributed by atoms with Gasteiger partial charge in [-0.1, -0.05) is 0 Å². The molecule has 1 saturated heterocycles. The van der Waals surface area contributed by atoms with Crippen molar-refractivity contribution in [1.82, 2.24) is 0 Å². The fourth-order valence-electron chi connectivity index (χ4n) is 4.30. The van der Waals surface area contributed by atoms with Gasteiger partial charge < -0.3 is 0 Å². The third-order valence-electron chi connectivity index (χ3n) is 5.59. The molecule has 2 aromatic carbocycles. The first-order valence-electron chi connectivity index (χ1n) is 7.93. The molecule has 3 aliphatic rings. The van der Waals surface area contributed by atoms with Gasteiger partial charge in [-0.25, -0.2) is 0 Å². The van der Waals surface area contributed by atoms with Gasteiger partial charge in [-0.05, 0) is 0 Å². The van der Waals surface area contributed by atoms with E-state index in [0.717, 1.165) is 3.63 Å². The van der Waals surface area contributed by atoms with Crippen molar-refractivity contribution in [2.24, 2.45) is 0 Å². The molecule has 1 fully saturated rings. The van der Waals surface area contributed by atoms with E-state index in [1.165, 1.54) is 17.5 Å². The molecule has 5 rings (SSSR count). The Morgan fingerprint density at radius 1 is 0.857 bits per heavy atom. The summed E-state index contributed by atoms with van der Waals surface area (Å²) in [5, 5.41) is 0. The second-order valence-corrected chi connectivity index (χ2v) is 17.9. The number of hydrogen-bond donors (Lipinski definition) is 0. The van der Waals surface area contributed by atoms with Gasteiger partial charge in [-0.2, -0.15) is 0 Å². The maximum absolute atomic E-state index is 2.56. The van der Waals surface area contributed by atoms with Crippen LogP contribution in [0.15, 0.2) is 57.9 Å². The predicted octanol–water partition coefficient (Wildman–Crippen LogP) is 5.36. The van der Waals surface area contributed by atoms with Crippen LogP contribution in [-0.4, -0.2) is 0 Å². The molecule has 1 atom stereocenters. The van der Waals surface area contributed by atoms with E-state index in [-0.39, 0.29) is 0 Å². The minimum atomic E-state index is -2.12. The van der Waals surface area contributed by atoms with Crippen LogP contribution in [0, 0.1) is 0 Å². The summed E-state index contributed by atoms with van der Waals surface area (Å²) < 4.78 is 5.78. The average Bonchev–Trinajstić information content (AvgIpc) is 3.03. The van der Waals surface area contributed by atoms with Crippen LogP contribution in [0.25, 0.3) is 12.2 Å². The molecule has 2 aromatic rings. The Kier molecular flexibility index (Phi) is 2.59. The van der Waals surface area contributed by atoms with Crippen molar-refractivity contribution in [1.29, 1.82) is 0 Å². The van der Waals surface area contributed by atoms with E-state index in [4.69, 9.17) is 0 Å². The van der Waals surface area contributed by atoms with Crippen molar-refractivity contribution >= 4 is 12.2 Å². The van der Waals surface area contributed by atoms with Crippen LogP contribution in [0.5, 0.6) is 0 Å². The minimum absolute atomic E-state index is 0.802. The zero-order valence-electron chi connectivity index (χ0n) is 12.0. The Hall–Kier alpha value is -1.20. The molecule has 1 unspecified atom stereocenters. The quantitative estimate of drug-likeness (QED) is 0.685. The van der Waals surface area contributed by atoms with Crippen LogP contribution in [0.1, 0.15) is 25.9 Å². The fraction of sp³-hybridized carbons (Fsp3) is 0.200. The summed E-state index contributed by atoms with van der Waals surface area (Å²) in [5.74, 6) is 0.